The highest BCUT2D eigenvalue weighted by Gasteiger charge is 2.18. The molecule has 0 bridgehead atoms. The van der Waals surface area contributed by atoms with Gasteiger partial charge in [0.2, 0.25) is 0 Å². The third-order valence-electron chi connectivity index (χ3n) is 5.26. The number of nitrogens with zero attached hydrogens (tertiary/aromatic N) is 3. The molecule has 0 unspecified atom stereocenters. The van der Waals surface area contributed by atoms with Crippen LogP contribution in [0.5, 0.6) is 11.5 Å². The smallest absolute Gasteiger partial charge is 0.270 e. The van der Waals surface area contributed by atoms with Crippen molar-refractivity contribution in [3.63, 3.8) is 0 Å². The van der Waals surface area contributed by atoms with Crippen LogP contribution in [0.3, 0.4) is 0 Å². The molecule has 4 rings (SSSR count). The van der Waals surface area contributed by atoms with Gasteiger partial charge < -0.3 is 14.8 Å². The number of non-ortho nitro benzene ring substituents is 1. The van der Waals surface area contributed by atoms with E-state index >= 15 is 0 Å². The molecule has 1 amide bonds. The minimum atomic E-state index is -0.433. The molecule has 1 N–H and O–H groups in total. The van der Waals surface area contributed by atoms with E-state index in [-0.39, 0.29) is 11.6 Å². The van der Waals surface area contributed by atoms with Gasteiger partial charge in [-0.15, -0.1) is 0 Å². The summed E-state index contributed by atoms with van der Waals surface area (Å²) < 4.78 is 12.4. The number of aryl methyl sites for hydroxylation is 1. The zero-order valence-electron chi connectivity index (χ0n) is 18.3. The highest BCUT2D eigenvalue weighted by atomic mass is 32.1. The van der Waals surface area contributed by atoms with E-state index in [1.54, 1.807) is 32.5 Å². The number of nitrogens with one attached hydrogen (secondary N) is 1. The van der Waals surface area contributed by atoms with Gasteiger partial charge in [0, 0.05) is 36.1 Å². The molecule has 2 heterocycles. The first-order chi connectivity index (χ1) is 15.9. The lowest BCUT2D eigenvalue weighted by Gasteiger charge is -2.10. The predicted octanol–water partition coefficient (Wildman–Crippen LogP) is 4.27. The maximum atomic E-state index is 12.8. The summed E-state index contributed by atoms with van der Waals surface area (Å²) in [4.78, 5) is 29.2. The van der Waals surface area contributed by atoms with Gasteiger partial charge in [-0.1, -0.05) is 29.5 Å². The molecule has 2 aromatic carbocycles. The minimum Gasteiger partial charge on any atom is -0.493 e. The highest BCUT2D eigenvalue weighted by molar-refractivity contribution is 7.19. The summed E-state index contributed by atoms with van der Waals surface area (Å²) in [6.07, 6.45) is 2.44. The second-order valence-corrected chi connectivity index (χ2v) is 8.28. The Hall–Kier alpha value is -3.92. The van der Waals surface area contributed by atoms with Gasteiger partial charge >= 0.3 is 0 Å². The van der Waals surface area contributed by atoms with Gasteiger partial charge in [-0.05, 0) is 31.0 Å². The second-order valence-electron chi connectivity index (χ2n) is 7.30. The molecule has 0 atom stereocenters. The zero-order chi connectivity index (χ0) is 23.5. The normalized spacial score (nSPS) is 10.9. The third-order valence-corrected chi connectivity index (χ3v) is 6.42. The van der Waals surface area contributed by atoms with Crippen molar-refractivity contribution in [2.24, 2.45) is 0 Å². The monoisotopic (exact) mass is 466 g/mol. The van der Waals surface area contributed by atoms with E-state index < -0.39 is 4.92 Å². The lowest BCUT2D eigenvalue weighted by atomic mass is 10.1. The van der Waals surface area contributed by atoms with Crippen molar-refractivity contribution in [2.45, 2.75) is 13.3 Å². The quantitative estimate of drug-likeness (QED) is 0.307. The third kappa shape index (κ3) is 4.51. The Kier molecular flexibility index (Phi) is 6.27. The van der Waals surface area contributed by atoms with Crippen LogP contribution in [0, 0.1) is 17.0 Å². The predicted molar refractivity (Wildman–Crippen MR) is 125 cm³/mol. The van der Waals surface area contributed by atoms with Crippen molar-refractivity contribution in [1.82, 2.24) is 14.7 Å². The summed E-state index contributed by atoms with van der Waals surface area (Å²) in [5, 5.41) is 14.0. The maximum absolute atomic E-state index is 12.8. The lowest BCUT2D eigenvalue weighted by molar-refractivity contribution is -0.384. The molecule has 0 saturated carbocycles. The summed E-state index contributed by atoms with van der Waals surface area (Å²) in [5.41, 5.74) is 3.07. The number of ether oxygens (including phenoxy) is 2. The average Bonchev–Trinajstić information content (AvgIpc) is 3.38. The van der Waals surface area contributed by atoms with Gasteiger partial charge in [0.25, 0.3) is 11.6 Å². The molecule has 170 valence electrons. The molecule has 9 nitrogen and oxygen atoms in total. The first-order valence-electron chi connectivity index (χ1n) is 10.1. The fourth-order valence-corrected chi connectivity index (χ4v) is 4.54. The van der Waals surface area contributed by atoms with Gasteiger partial charge in [-0.3, -0.25) is 19.3 Å². The number of hydrogen-bond donors (Lipinski definition) is 1. The number of carbonyl (C=O) groups excluding carboxylic acids is 1. The molecule has 10 heteroatoms. The summed E-state index contributed by atoms with van der Waals surface area (Å²) in [6, 6.07) is 12.0. The number of hydrogen-bond acceptors (Lipinski definition) is 7. The van der Waals surface area contributed by atoms with Crippen LogP contribution >= 0.6 is 11.3 Å². The van der Waals surface area contributed by atoms with E-state index in [0.717, 1.165) is 11.3 Å². The average molecular weight is 467 g/mol. The van der Waals surface area contributed by atoms with Crippen LogP contribution in [0.15, 0.2) is 48.7 Å². The number of rotatable bonds is 8. The molecule has 0 radical (unpaired) electrons. The van der Waals surface area contributed by atoms with E-state index in [1.807, 2.05) is 29.5 Å². The summed E-state index contributed by atoms with van der Waals surface area (Å²) in [7, 11) is 3.17. The molecular formula is C23H22N4O5S. The van der Waals surface area contributed by atoms with Crippen LogP contribution in [0.2, 0.25) is 0 Å². The minimum absolute atomic E-state index is 0.00937. The van der Waals surface area contributed by atoms with Gasteiger partial charge in [-0.2, -0.15) is 0 Å². The van der Waals surface area contributed by atoms with Crippen LogP contribution in [-0.2, 0) is 6.42 Å². The van der Waals surface area contributed by atoms with E-state index in [0.29, 0.717) is 45.6 Å². The number of nitro benzene ring substituents is 1. The van der Waals surface area contributed by atoms with Crippen LogP contribution in [-0.4, -0.2) is 41.0 Å². The number of methoxy groups -OCH3 is 2. The Morgan fingerprint density at radius 1 is 1.18 bits per heavy atom. The molecule has 0 saturated heterocycles. The van der Waals surface area contributed by atoms with Crippen molar-refractivity contribution < 1.29 is 19.2 Å². The van der Waals surface area contributed by atoms with Crippen molar-refractivity contribution >= 4 is 27.9 Å². The first-order valence-corrected chi connectivity index (χ1v) is 11.0. The highest BCUT2D eigenvalue weighted by Crippen LogP contribution is 2.29. The summed E-state index contributed by atoms with van der Waals surface area (Å²) in [6.45, 7) is 2.32. The number of carbonyl (C=O) groups is 1. The fraction of sp³-hybridized carbons (Fsp3) is 0.217. The van der Waals surface area contributed by atoms with E-state index in [2.05, 4.69) is 10.3 Å². The number of thiazole rings is 1. The Labute approximate surface area is 193 Å². The van der Waals surface area contributed by atoms with Gasteiger partial charge in [0.1, 0.15) is 4.88 Å². The first kappa shape index (κ1) is 22.3. The second kappa shape index (κ2) is 9.29. The Balaban J connectivity index is 1.46. The standard InChI is InChI=1S/C23H22N4O5S/c1-14-21(22(28)24-10-9-15-7-8-19(31-2)20(11-15)32-3)33-23-25-18(13-26(14)23)16-5-4-6-17(12-16)27(29)30/h4-8,11-13H,9-10H2,1-3H3,(H,24,28). The molecule has 0 fully saturated rings. The SMILES string of the molecule is COc1ccc(CCNC(=O)c2sc3nc(-c4cccc([N+](=O)[O-])c4)cn3c2C)cc1OC. The summed E-state index contributed by atoms with van der Waals surface area (Å²) in [5.74, 6) is 1.14. The van der Waals surface area contributed by atoms with E-state index in [1.165, 1.54) is 23.5 Å². The van der Waals surface area contributed by atoms with E-state index in [9.17, 15) is 14.9 Å². The molecule has 0 spiro atoms. The molecule has 33 heavy (non-hydrogen) atoms. The molecule has 2 aromatic heterocycles. The molecule has 0 aliphatic rings. The molecular weight excluding hydrogens is 444 g/mol. The van der Waals surface area contributed by atoms with E-state index in [4.69, 9.17) is 9.47 Å². The van der Waals surface area contributed by atoms with Gasteiger partial charge in [0.15, 0.2) is 16.5 Å². The zero-order valence-corrected chi connectivity index (χ0v) is 19.1. The molecule has 4 aromatic rings. The number of nitro groups is 1. The number of benzene rings is 2. The van der Waals surface area contributed by atoms with Crippen molar-refractivity contribution in [1.29, 1.82) is 0 Å². The summed E-state index contributed by atoms with van der Waals surface area (Å²) >= 11 is 1.28. The fourth-order valence-electron chi connectivity index (χ4n) is 3.52. The van der Waals surface area contributed by atoms with Crippen LogP contribution < -0.4 is 14.8 Å². The lowest BCUT2D eigenvalue weighted by Crippen LogP contribution is -2.25. The van der Waals surface area contributed by atoms with Crippen LogP contribution in [0.25, 0.3) is 16.2 Å². The van der Waals surface area contributed by atoms with Crippen molar-refractivity contribution in [3.8, 4) is 22.8 Å². The molecule has 0 aliphatic heterocycles. The van der Waals surface area contributed by atoms with Crippen molar-refractivity contribution in [3.05, 3.63) is 74.9 Å². The number of aromatic nitrogens is 2. The molecule has 0 aliphatic carbocycles. The van der Waals surface area contributed by atoms with Crippen LogP contribution in [0.1, 0.15) is 20.9 Å². The van der Waals surface area contributed by atoms with Gasteiger partial charge in [0.05, 0.1) is 24.8 Å². The Bertz CT molecular complexity index is 1340. The number of imidazole rings is 1. The number of amides is 1. The Morgan fingerprint density at radius 2 is 1.97 bits per heavy atom. The van der Waals surface area contributed by atoms with Crippen molar-refractivity contribution in [2.75, 3.05) is 20.8 Å². The maximum Gasteiger partial charge on any atom is 0.270 e. The Morgan fingerprint density at radius 3 is 2.67 bits per heavy atom. The number of fused-ring (bicyclic) bond motifs is 1. The largest absolute Gasteiger partial charge is 0.493 e. The topological polar surface area (TPSA) is 108 Å². The van der Waals surface area contributed by atoms with Gasteiger partial charge in [-0.25, -0.2) is 4.98 Å². The van der Waals surface area contributed by atoms with Crippen LogP contribution in [0.4, 0.5) is 5.69 Å².